The average Bonchev–Trinajstić information content (AvgIpc) is 2.42. The van der Waals surface area contributed by atoms with E-state index in [4.69, 9.17) is 17.3 Å². The molecule has 0 saturated carbocycles. The van der Waals surface area contributed by atoms with Gasteiger partial charge in [-0.2, -0.15) is 11.8 Å². The van der Waals surface area contributed by atoms with E-state index < -0.39 is 0 Å². The topological polar surface area (TPSA) is 29.3 Å². The van der Waals surface area contributed by atoms with E-state index in [0.717, 1.165) is 24.4 Å². The summed E-state index contributed by atoms with van der Waals surface area (Å²) < 4.78 is 0. The monoisotopic (exact) mass is 312 g/mol. The lowest BCUT2D eigenvalue weighted by atomic mass is 10.0. The zero-order valence-electron chi connectivity index (χ0n) is 12.6. The summed E-state index contributed by atoms with van der Waals surface area (Å²) in [6.07, 6.45) is 1.89. The van der Waals surface area contributed by atoms with Gasteiger partial charge < -0.3 is 10.6 Å². The second-order valence-corrected chi connectivity index (χ2v) is 7.58. The standard InChI is InChI=1S/C16H25ClN2S/c1-4-15(18)10-13-9-14(17)5-6-16(13)19-7-8-20-12(3)11(19)2/h5-6,9,11-12,15H,4,7-8,10,18H2,1-3H3. The first-order valence-electron chi connectivity index (χ1n) is 7.45. The van der Waals surface area contributed by atoms with Crippen LogP contribution >= 0.6 is 23.4 Å². The number of halogens is 1. The van der Waals surface area contributed by atoms with E-state index >= 15 is 0 Å². The Labute approximate surface area is 132 Å². The molecular formula is C16H25ClN2S. The lowest BCUT2D eigenvalue weighted by Gasteiger charge is -2.40. The summed E-state index contributed by atoms with van der Waals surface area (Å²) in [4.78, 5) is 2.52. The predicted octanol–water partition coefficient (Wildman–Crippen LogP) is 3.95. The van der Waals surface area contributed by atoms with Crippen molar-refractivity contribution in [2.45, 2.75) is 50.9 Å². The number of thioether (sulfide) groups is 1. The molecule has 1 aromatic rings. The molecule has 1 saturated heterocycles. The molecule has 0 bridgehead atoms. The first kappa shape index (κ1) is 16.0. The van der Waals surface area contributed by atoms with Crippen molar-refractivity contribution in [3.8, 4) is 0 Å². The van der Waals surface area contributed by atoms with Crippen molar-refractivity contribution in [2.24, 2.45) is 5.73 Å². The Morgan fingerprint density at radius 3 is 2.90 bits per heavy atom. The van der Waals surface area contributed by atoms with Crippen molar-refractivity contribution in [3.05, 3.63) is 28.8 Å². The number of rotatable bonds is 4. The molecule has 0 amide bonds. The van der Waals surface area contributed by atoms with Gasteiger partial charge in [-0.05, 0) is 43.5 Å². The van der Waals surface area contributed by atoms with Gasteiger partial charge in [-0.15, -0.1) is 0 Å². The zero-order valence-corrected chi connectivity index (χ0v) is 14.2. The maximum Gasteiger partial charge on any atom is 0.0410 e. The molecular weight excluding hydrogens is 288 g/mol. The van der Waals surface area contributed by atoms with E-state index in [1.165, 1.54) is 17.0 Å². The van der Waals surface area contributed by atoms with Crippen molar-refractivity contribution in [1.29, 1.82) is 0 Å². The number of nitrogens with two attached hydrogens (primary N) is 1. The third-order valence-electron chi connectivity index (χ3n) is 4.24. The molecule has 1 aromatic carbocycles. The van der Waals surface area contributed by atoms with E-state index in [2.05, 4.69) is 49.6 Å². The molecule has 0 aromatic heterocycles. The molecule has 112 valence electrons. The molecule has 0 aliphatic carbocycles. The van der Waals surface area contributed by atoms with Crippen LogP contribution in [0.2, 0.25) is 5.02 Å². The van der Waals surface area contributed by atoms with E-state index in [-0.39, 0.29) is 6.04 Å². The Balaban J connectivity index is 2.30. The van der Waals surface area contributed by atoms with Crippen LogP contribution in [0.15, 0.2) is 18.2 Å². The van der Waals surface area contributed by atoms with Gasteiger partial charge in [0.1, 0.15) is 0 Å². The number of hydrogen-bond donors (Lipinski definition) is 1. The van der Waals surface area contributed by atoms with Crippen LogP contribution in [-0.2, 0) is 6.42 Å². The molecule has 1 heterocycles. The molecule has 2 rings (SSSR count). The highest BCUT2D eigenvalue weighted by atomic mass is 35.5. The Bertz CT molecular complexity index is 452. The summed E-state index contributed by atoms with van der Waals surface area (Å²) in [5, 5.41) is 1.46. The Hall–Kier alpha value is -0.380. The Morgan fingerprint density at radius 1 is 1.45 bits per heavy atom. The summed E-state index contributed by atoms with van der Waals surface area (Å²) in [6, 6.07) is 7.01. The Morgan fingerprint density at radius 2 is 2.20 bits per heavy atom. The van der Waals surface area contributed by atoms with Crippen LogP contribution in [0.5, 0.6) is 0 Å². The summed E-state index contributed by atoms with van der Waals surface area (Å²) >= 11 is 8.24. The normalized spacial score (nSPS) is 24.8. The fourth-order valence-corrected chi connectivity index (χ4v) is 3.99. The smallest absolute Gasteiger partial charge is 0.0410 e. The molecule has 1 aliphatic heterocycles. The molecule has 0 spiro atoms. The molecule has 2 nitrogen and oxygen atoms in total. The van der Waals surface area contributed by atoms with E-state index in [0.29, 0.717) is 11.3 Å². The molecule has 3 atom stereocenters. The van der Waals surface area contributed by atoms with E-state index in [9.17, 15) is 0 Å². The SMILES string of the molecule is CCC(N)Cc1cc(Cl)ccc1N1CCSC(C)C1C. The van der Waals surface area contributed by atoms with Gasteiger partial charge in [0, 0.05) is 40.3 Å². The van der Waals surface area contributed by atoms with Crippen molar-refractivity contribution >= 4 is 29.1 Å². The fourth-order valence-electron chi connectivity index (χ4n) is 2.70. The highest BCUT2D eigenvalue weighted by Crippen LogP contribution is 2.33. The van der Waals surface area contributed by atoms with Gasteiger partial charge in [0.15, 0.2) is 0 Å². The molecule has 4 heteroatoms. The molecule has 2 N–H and O–H groups in total. The average molecular weight is 313 g/mol. The number of anilines is 1. The molecule has 0 radical (unpaired) electrons. The number of hydrogen-bond acceptors (Lipinski definition) is 3. The van der Waals surface area contributed by atoms with Gasteiger partial charge in [-0.1, -0.05) is 25.4 Å². The van der Waals surface area contributed by atoms with Crippen LogP contribution < -0.4 is 10.6 Å². The van der Waals surface area contributed by atoms with Gasteiger partial charge in [0.2, 0.25) is 0 Å². The van der Waals surface area contributed by atoms with Gasteiger partial charge in [-0.25, -0.2) is 0 Å². The molecule has 20 heavy (non-hydrogen) atoms. The minimum atomic E-state index is 0.208. The van der Waals surface area contributed by atoms with E-state index in [1.54, 1.807) is 0 Å². The summed E-state index contributed by atoms with van der Waals surface area (Å²) in [7, 11) is 0. The van der Waals surface area contributed by atoms with Crippen molar-refractivity contribution in [3.63, 3.8) is 0 Å². The predicted molar refractivity (Wildman–Crippen MR) is 92.2 cm³/mol. The maximum absolute atomic E-state index is 6.18. The van der Waals surface area contributed by atoms with Crippen LogP contribution in [0.3, 0.4) is 0 Å². The second-order valence-electron chi connectivity index (χ2n) is 5.66. The first-order chi connectivity index (χ1) is 9.52. The number of nitrogens with zero attached hydrogens (tertiary/aromatic N) is 1. The number of benzene rings is 1. The van der Waals surface area contributed by atoms with Crippen LogP contribution in [0, 0.1) is 0 Å². The summed E-state index contributed by atoms with van der Waals surface area (Å²) in [5.41, 5.74) is 8.76. The van der Waals surface area contributed by atoms with Gasteiger partial charge in [-0.3, -0.25) is 0 Å². The van der Waals surface area contributed by atoms with Crippen LogP contribution in [0.25, 0.3) is 0 Å². The van der Waals surface area contributed by atoms with Crippen molar-refractivity contribution < 1.29 is 0 Å². The van der Waals surface area contributed by atoms with Crippen molar-refractivity contribution in [1.82, 2.24) is 0 Å². The quantitative estimate of drug-likeness (QED) is 0.912. The lowest BCUT2D eigenvalue weighted by Crippen LogP contribution is -2.45. The zero-order chi connectivity index (χ0) is 14.7. The summed E-state index contributed by atoms with van der Waals surface area (Å²) in [6.45, 7) is 7.87. The van der Waals surface area contributed by atoms with Crippen LogP contribution in [-0.4, -0.2) is 29.6 Å². The fraction of sp³-hybridized carbons (Fsp3) is 0.625. The highest BCUT2D eigenvalue weighted by molar-refractivity contribution is 8.00. The van der Waals surface area contributed by atoms with Crippen LogP contribution in [0.1, 0.15) is 32.8 Å². The maximum atomic E-state index is 6.18. The van der Waals surface area contributed by atoms with E-state index in [1.807, 2.05) is 6.07 Å². The molecule has 1 aliphatic rings. The second kappa shape index (κ2) is 7.06. The minimum Gasteiger partial charge on any atom is -0.367 e. The third kappa shape index (κ3) is 3.63. The minimum absolute atomic E-state index is 0.208. The highest BCUT2D eigenvalue weighted by Gasteiger charge is 2.27. The molecule has 3 unspecified atom stereocenters. The van der Waals surface area contributed by atoms with Crippen LogP contribution in [0.4, 0.5) is 5.69 Å². The lowest BCUT2D eigenvalue weighted by molar-refractivity contribution is 0.613. The molecule has 1 fully saturated rings. The third-order valence-corrected chi connectivity index (χ3v) is 5.81. The largest absolute Gasteiger partial charge is 0.367 e. The van der Waals surface area contributed by atoms with Gasteiger partial charge in [0.05, 0.1) is 0 Å². The Kier molecular flexibility index (Phi) is 5.65. The van der Waals surface area contributed by atoms with Crippen molar-refractivity contribution in [2.75, 3.05) is 17.2 Å². The van der Waals surface area contributed by atoms with Gasteiger partial charge in [0.25, 0.3) is 0 Å². The van der Waals surface area contributed by atoms with Gasteiger partial charge >= 0.3 is 0 Å². The summed E-state index contributed by atoms with van der Waals surface area (Å²) in [5.74, 6) is 1.19. The first-order valence-corrected chi connectivity index (χ1v) is 8.87.